The molecule has 0 saturated heterocycles. The van der Waals surface area contributed by atoms with Crippen LogP contribution in [0, 0.1) is 0 Å². The zero-order valence-corrected chi connectivity index (χ0v) is 17.4. The standard InChI is InChI=1S/C17H21N5OS3/c1-4-6-22-15(12-8-13(11(2)3)25-9-12)20-21-17(22)26-10-14(23)19-16-18-5-7-24-16/h5,7-9,11H,4,6,10H2,1-3H3,(H,18,19,23). The molecular weight excluding hydrogens is 386 g/mol. The molecule has 6 nitrogen and oxygen atoms in total. The molecule has 0 atom stereocenters. The van der Waals surface area contributed by atoms with Crippen molar-refractivity contribution >= 4 is 45.5 Å². The second kappa shape index (κ2) is 8.79. The highest BCUT2D eigenvalue weighted by molar-refractivity contribution is 7.99. The molecule has 0 aromatic carbocycles. The van der Waals surface area contributed by atoms with Crippen molar-refractivity contribution in [2.24, 2.45) is 0 Å². The summed E-state index contributed by atoms with van der Waals surface area (Å²) in [5, 5.41) is 16.9. The third-order valence-electron chi connectivity index (χ3n) is 3.62. The molecular formula is C17H21N5OS3. The Hall–Kier alpha value is -1.71. The van der Waals surface area contributed by atoms with Crippen LogP contribution in [-0.4, -0.2) is 31.4 Å². The molecule has 0 aliphatic carbocycles. The fourth-order valence-electron chi connectivity index (χ4n) is 2.38. The summed E-state index contributed by atoms with van der Waals surface area (Å²) >= 11 is 4.56. The van der Waals surface area contributed by atoms with Crippen molar-refractivity contribution in [2.45, 2.75) is 44.8 Å². The van der Waals surface area contributed by atoms with Crippen LogP contribution in [0.4, 0.5) is 5.13 Å². The fourth-order valence-corrected chi connectivity index (χ4v) is 4.59. The summed E-state index contributed by atoms with van der Waals surface area (Å²) in [5.41, 5.74) is 1.10. The van der Waals surface area contributed by atoms with E-state index in [9.17, 15) is 4.79 Å². The minimum Gasteiger partial charge on any atom is -0.302 e. The summed E-state index contributed by atoms with van der Waals surface area (Å²) in [6.07, 6.45) is 2.65. The summed E-state index contributed by atoms with van der Waals surface area (Å²) in [6, 6.07) is 2.19. The lowest BCUT2D eigenvalue weighted by molar-refractivity contribution is -0.113. The number of thioether (sulfide) groups is 1. The molecule has 0 fully saturated rings. The highest BCUT2D eigenvalue weighted by Gasteiger charge is 2.17. The lowest BCUT2D eigenvalue weighted by Crippen LogP contribution is -2.14. The van der Waals surface area contributed by atoms with Crippen LogP contribution in [-0.2, 0) is 11.3 Å². The normalized spacial score (nSPS) is 11.2. The van der Waals surface area contributed by atoms with E-state index in [-0.39, 0.29) is 11.7 Å². The summed E-state index contributed by atoms with van der Waals surface area (Å²) in [5.74, 6) is 1.56. The quantitative estimate of drug-likeness (QED) is 0.547. The van der Waals surface area contributed by atoms with Gasteiger partial charge in [-0.2, -0.15) is 0 Å². The number of nitrogens with one attached hydrogen (secondary N) is 1. The van der Waals surface area contributed by atoms with Gasteiger partial charge in [-0.25, -0.2) is 4.98 Å². The van der Waals surface area contributed by atoms with Crippen molar-refractivity contribution in [3.63, 3.8) is 0 Å². The molecule has 138 valence electrons. The van der Waals surface area contributed by atoms with Crippen molar-refractivity contribution in [2.75, 3.05) is 11.1 Å². The van der Waals surface area contributed by atoms with Gasteiger partial charge in [0.15, 0.2) is 16.1 Å². The summed E-state index contributed by atoms with van der Waals surface area (Å²) in [4.78, 5) is 17.5. The molecule has 26 heavy (non-hydrogen) atoms. The Morgan fingerprint density at radius 1 is 1.35 bits per heavy atom. The predicted octanol–water partition coefficient (Wildman–Crippen LogP) is 4.73. The van der Waals surface area contributed by atoms with E-state index in [0.29, 0.717) is 11.0 Å². The lowest BCUT2D eigenvalue weighted by Gasteiger charge is -2.08. The molecule has 3 heterocycles. The second-order valence-electron chi connectivity index (χ2n) is 6.02. The molecule has 3 rings (SSSR count). The zero-order chi connectivity index (χ0) is 18.5. The predicted molar refractivity (Wildman–Crippen MR) is 109 cm³/mol. The molecule has 1 N–H and O–H groups in total. The Morgan fingerprint density at radius 2 is 2.19 bits per heavy atom. The first-order chi connectivity index (χ1) is 12.6. The Kier molecular flexibility index (Phi) is 6.44. The van der Waals surface area contributed by atoms with Gasteiger partial charge in [0.05, 0.1) is 5.75 Å². The van der Waals surface area contributed by atoms with E-state index in [0.717, 1.165) is 29.5 Å². The van der Waals surface area contributed by atoms with Gasteiger partial charge in [0.25, 0.3) is 0 Å². The summed E-state index contributed by atoms with van der Waals surface area (Å²) < 4.78 is 2.10. The van der Waals surface area contributed by atoms with Gasteiger partial charge in [-0.05, 0) is 18.4 Å². The van der Waals surface area contributed by atoms with Crippen LogP contribution in [0.15, 0.2) is 28.2 Å². The van der Waals surface area contributed by atoms with E-state index in [1.807, 2.05) is 5.38 Å². The number of anilines is 1. The number of thiazole rings is 1. The van der Waals surface area contributed by atoms with Crippen LogP contribution < -0.4 is 5.32 Å². The maximum Gasteiger partial charge on any atom is 0.236 e. The molecule has 1 amide bonds. The third kappa shape index (κ3) is 4.52. The fraction of sp³-hybridized carbons (Fsp3) is 0.412. The smallest absolute Gasteiger partial charge is 0.236 e. The maximum absolute atomic E-state index is 12.1. The van der Waals surface area contributed by atoms with Crippen molar-refractivity contribution in [1.82, 2.24) is 19.7 Å². The summed E-state index contributed by atoms with van der Waals surface area (Å²) in [6.45, 7) is 7.33. The average Bonchev–Trinajstić information content (AvgIpc) is 3.34. The highest BCUT2D eigenvalue weighted by Crippen LogP contribution is 2.31. The van der Waals surface area contributed by atoms with Crippen molar-refractivity contribution in [1.29, 1.82) is 0 Å². The molecule has 3 aromatic heterocycles. The van der Waals surface area contributed by atoms with Gasteiger partial charge < -0.3 is 9.88 Å². The number of carbonyl (C=O) groups is 1. The van der Waals surface area contributed by atoms with Crippen LogP contribution in [0.25, 0.3) is 11.4 Å². The van der Waals surface area contributed by atoms with Gasteiger partial charge in [-0.1, -0.05) is 32.5 Å². The van der Waals surface area contributed by atoms with E-state index in [1.165, 1.54) is 28.0 Å². The molecule has 0 aliphatic heterocycles. The number of hydrogen-bond acceptors (Lipinski definition) is 7. The first-order valence-electron chi connectivity index (χ1n) is 8.42. The molecule has 0 bridgehead atoms. The van der Waals surface area contributed by atoms with Gasteiger partial charge >= 0.3 is 0 Å². The summed E-state index contributed by atoms with van der Waals surface area (Å²) in [7, 11) is 0. The van der Waals surface area contributed by atoms with Crippen LogP contribution in [0.1, 0.15) is 38.0 Å². The van der Waals surface area contributed by atoms with Gasteiger partial charge in [-0.15, -0.1) is 32.9 Å². The lowest BCUT2D eigenvalue weighted by atomic mass is 10.1. The van der Waals surface area contributed by atoms with Gasteiger partial charge in [0.1, 0.15) is 0 Å². The van der Waals surface area contributed by atoms with Crippen LogP contribution >= 0.6 is 34.4 Å². The minimum atomic E-state index is -0.0878. The van der Waals surface area contributed by atoms with E-state index in [2.05, 4.69) is 57.3 Å². The number of aromatic nitrogens is 4. The molecule has 0 saturated carbocycles. The molecule has 0 radical (unpaired) electrons. The van der Waals surface area contributed by atoms with Crippen molar-refractivity contribution in [3.8, 4) is 11.4 Å². The molecule has 0 aliphatic rings. The van der Waals surface area contributed by atoms with Gasteiger partial charge in [-0.3, -0.25) is 4.79 Å². The van der Waals surface area contributed by atoms with Gasteiger partial charge in [0.2, 0.25) is 5.91 Å². The number of nitrogens with zero attached hydrogens (tertiary/aromatic N) is 4. The number of rotatable bonds is 8. The van der Waals surface area contributed by atoms with Gasteiger partial charge in [0, 0.05) is 33.9 Å². The SMILES string of the molecule is CCCn1c(SCC(=O)Nc2nccs2)nnc1-c1csc(C(C)C)c1. The van der Waals surface area contributed by atoms with E-state index in [1.54, 1.807) is 17.5 Å². The Labute approximate surface area is 165 Å². The van der Waals surface area contributed by atoms with E-state index in [4.69, 9.17) is 0 Å². The highest BCUT2D eigenvalue weighted by atomic mass is 32.2. The zero-order valence-electron chi connectivity index (χ0n) is 14.9. The van der Waals surface area contributed by atoms with E-state index >= 15 is 0 Å². The van der Waals surface area contributed by atoms with Crippen molar-refractivity contribution < 1.29 is 4.79 Å². The Bertz CT molecular complexity index is 854. The Balaban J connectivity index is 1.73. The monoisotopic (exact) mass is 407 g/mol. The maximum atomic E-state index is 12.1. The molecule has 0 spiro atoms. The minimum absolute atomic E-state index is 0.0878. The first-order valence-corrected chi connectivity index (χ1v) is 11.2. The molecule has 3 aromatic rings. The topological polar surface area (TPSA) is 72.7 Å². The number of thiophene rings is 1. The first kappa shape index (κ1) is 19.1. The van der Waals surface area contributed by atoms with Crippen molar-refractivity contribution in [3.05, 3.63) is 27.9 Å². The third-order valence-corrected chi connectivity index (χ3v) is 6.51. The van der Waals surface area contributed by atoms with E-state index < -0.39 is 0 Å². The largest absolute Gasteiger partial charge is 0.302 e. The molecule has 0 unspecified atom stereocenters. The number of hydrogen-bond donors (Lipinski definition) is 1. The molecule has 9 heteroatoms. The van der Waals surface area contributed by atoms with Crippen LogP contribution in [0.5, 0.6) is 0 Å². The average molecular weight is 408 g/mol. The Morgan fingerprint density at radius 3 is 2.85 bits per heavy atom. The number of carbonyl (C=O) groups excluding carboxylic acids is 1. The number of amides is 1. The second-order valence-corrected chi connectivity index (χ2v) is 8.80. The van der Waals surface area contributed by atoms with Crippen LogP contribution in [0.3, 0.4) is 0 Å². The van der Waals surface area contributed by atoms with Crippen LogP contribution in [0.2, 0.25) is 0 Å².